The minimum Gasteiger partial charge on any atom is -0.377 e. The number of thioether (sulfide) groups is 1. The summed E-state index contributed by atoms with van der Waals surface area (Å²) in [7, 11) is 0. The van der Waals surface area contributed by atoms with Gasteiger partial charge in [0.05, 0.1) is 24.9 Å². The second-order valence-corrected chi connectivity index (χ2v) is 8.65. The Labute approximate surface area is 186 Å². The zero-order valence-electron chi connectivity index (χ0n) is 17.7. The lowest BCUT2D eigenvalue weighted by Crippen LogP contribution is -2.26. The Hall–Kier alpha value is -2.65. The predicted octanol–water partition coefficient (Wildman–Crippen LogP) is 2.81. The Bertz CT molecular complexity index is 981. The number of carbonyl (C=O) groups excluding carboxylic acids is 1. The van der Waals surface area contributed by atoms with Crippen LogP contribution in [0.1, 0.15) is 36.3 Å². The Morgan fingerprint density at radius 2 is 2.13 bits per heavy atom. The van der Waals surface area contributed by atoms with E-state index in [1.165, 1.54) is 5.56 Å². The molecule has 8 nitrogen and oxygen atoms in total. The van der Waals surface area contributed by atoms with Crippen molar-refractivity contribution in [3.05, 3.63) is 59.7 Å². The van der Waals surface area contributed by atoms with Crippen LogP contribution in [0.5, 0.6) is 0 Å². The van der Waals surface area contributed by atoms with Crippen molar-refractivity contribution in [3.8, 4) is 0 Å². The Morgan fingerprint density at radius 3 is 2.87 bits per heavy atom. The predicted molar refractivity (Wildman–Crippen MR) is 119 cm³/mol. The van der Waals surface area contributed by atoms with Gasteiger partial charge in [0.15, 0.2) is 11.0 Å². The third-order valence-electron chi connectivity index (χ3n) is 5.18. The van der Waals surface area contributed by atoms with Crippen LogP contribution in [-0.2, 0) is 29.2 Å². The van der Waals surface area contributed by atoms with E-state index in [1.807, 2.05) is 37.4 Å². The Morgan fingerprint density at radius 1 is 1.26 bits per heavy atom. The van der Waals surface area contributed by atoms with Crippen LogP contribution in [-0.4, -0.2) is 48.9 Å². The normalized spacial score (nSPS) is 16.0. The summed E-state index contributed by atoms with van der Waals surface area (Å²) in [6.45, 7) is 4.34. The van der Waals surface area contributed by atoms with Gasteiger partial charge in [-0.2, -0.15) is 5.10 Å². The fourth-order valence-electron chi connectivity index (χ4n) is 3.49. The van der Waals surface area contributed by atoms with Gasteiger partial charge >= 0.3 is 0 Å². The zero-order valence-corrected chi connectivity index (χ0v) is 18.6. The molecule has 1 aromatic carbocycles. The molecule has 3 heterocycles. The van der Waals surface area contributed by atoms with Crippen LogP contribution in [0.15, 0.2) is 47.8 Å². The van der Waals surface area contributed by atoms with Gasteiger partial charge in [0.2, 0.25) is 5.91 Å². The molecule has 164 valence electrons. The molecule has 1 aliphatic heterocycles. The summed E-state index contributed by atoms with van der Waals surface area (Å²) in [5.74, 6) is 1.58. The number of benzene rings is 1. The molecule has 0 aliphatic carbocycles. The SMILES string of the molecule is Cc1ccn(CCC(=O)NCc2nnc(SC[C@@H]3CCCO3)n2Cc2ccccc2)n1. The van der Waals surface area contributed by atoms with Crippen LogP contribution in [0, 0.1) is 6.92 Å². The number of rotatable bonds is 10. The number of nitrogens with zero attached hydrogens (tertiary/aromatic N) is 5. The first-order valence-corrected chi connectivity index (χ1v) is 11.6. The molecule has 4 rings (SSSR count). The molecule has 0 saturated carbocycles. The molecule has 2 aromatic heterocycles. The van der Waals surface area contributed by atoms with Crippen LogP contribution >= 0.6 is 11.8 Å². The summed E-state index contributed by atoms with van der Waals surface area (Å²) in [6.07, 6.45) is 4.75. The molecule has 1 fully saturated rings. The van der Waals surface area contributed by atoms with E-state index < -0.39 is 0 Å². The highest BCUT2D eigenvalue weighted by Crippen LogP contribution is 2.24. The summed E-state index contributed by atoms with van der Waals surface area (Å²) in [5.41, 5.74) is 2.12. The molecule has 1 N–H and O–H groups in total. The van der Waals surface area contributed by atoms with E-state index in [-0.39, 0.29) is 12.0 Å². The first kappa shape index (κ1) is 21.6. The van der Waals surface area contributed by atoms with Gasteiger partial charge in [-0.25, -0.2) is 0 Å². The number of aromatic nitrogens is 5. The lowest BCUT2D eigenvalue weighted by atomic mass is 10.2. The van der Waals surface area contributed by atoms with Crippen LogP contribution < -0.4 is 5.32 Å². The van der Waals surface area contributed by atoms with Crippen molar-refractivity contribution in [2.75, 3.05) is 12.4 Å². The van der Waals surface area contributed by atoms with Gasteiger partial charge in [-0.1, -0.05) is 42.1 Å². The maximum absolute atomic E-state index is 12.3. The van der Waals surface area contributed by atoms with Crippen molar-refractivity contribution in [2.24, 2.45) is 0 Å². The highest BCUT2D eigenvalue weighted by atomic mass is 32.2. The zero-order chi connectivity index (χ0) is 21.5. The quantitative estimate of drug-likeness (QED) is 0.488. The number of hydrogen-bond acceptors (Lipinski definition) is 6. The molecule has 1 amide bonds. The summed E-state index contributed by atoms with van der Waals surface area (Å²) in [6, 6.07) is 12.2. The van der Waals surface area contributed by atoms with Crippen molar-refractivity contribution in [1.82, 2.24) is 29.9 Å². The van der Waals surface area contributed by atoms with Crippen molar-refractivity contribution in [2.45, 2.75) is 57.1 Å². The second kappa shape index (κ2) is 10.6. The van der Waals surface area contributed by atoms with Crippen LogP contribution in [0.4, 0.5) is 0 Å². The van der Waals surface area contributed by atoms with Crippen molar-refractivity contribution >= 4 is 17.7 Å². The molecule has 0 spiro atoms. The molecule has 1 atom stereocenters. The first-order valence-electron chi connectivity index (χ1n) is 10.6. The number of nitrogens with one attached hydrogen (secondary N) is 1. The minimum atomic E-state index is -0.0315. The third-order valence-corrected chi connectivity index (χ3v) is 6.28. The number of aryl methyl sites for hydroxylation is 2. The van der Waals surface area contributed by atoms with E-state index >= 15 is 0 Å². The van der Waals surface area contributed by atoms with Gasteiger partial charge in [0.25, 0.3) is 0 Å². The van der Waals surface area contributed by atoms with E-state index in [9.17, 15) is 4.79 Å². The smallest absolute Gasteiger partial charge is 0.222 e. The number of ether oxygens (including phenoxy) is 1. The van der Waals surface area contributed by atoms with Crippen LogP contribution in [0.25, 0.3) is 0 Å². The maximum atomic E-state index is 12.3. The standard InChI is InChI=1S/C22H28N6O2S/c1-17-9-11-27(26-17)12-10-21(29)23-14-20-24-25-22(31-16-19-8-5-13-30-19)28(20)15-18-6-3-2-4-7-18/h2-4,6-7,9,11,19H,5,8,10,12-16H2,1H3,(H,23,29)/t19-/m0/s1. The molecular weight excluding hydrogens is 412 g/mol. The summed E-state index contributed by atoms with van der Waals surface area (Å²) in [4.78, 5) is 12.3. The third kappa shape index (κ3) is 6.18. The summed E-state index contributed by atoms with van der Waals surface area (Å²) in [5, 5.41) is 16.9. The van der Waals surface area contributed by atoms with E-state index in [4.69, 9.17) is 4.74 Å². The van der Waals surface area contributed by atoms with Crippen molar-refractivity contribution in [3.63, 3.8) is 0 Å². The average molecular weight is 441 g/mol. The van der Waals surface area contributed by atoms with Crippen molar-refractivity contribution in [1.29, 1.82) is 0 Å². The Balaban J connectivity index is 1.38. The lowest BCUT2D eigenvalue weighted by Gasteiger charge is -2.12. The van der Waals surface area contributed by atoms with E-state index in [0.29, 0.717) is 26.1 Å². The molecule has 1 saturated heterocycles. The van der Waals surface area contributed by atoms with Crippen LogP contribution in [0.3, 0.4) is 0 Å². The Kier molecular flexibility index (Phi) is 7.37. The van der Waals surface area contributed by atoms with E-state index in [2.05, 4.69) is 37.3 Å². The summed E-state index contributed by atoms with van der Waals surface area (Å²) >= 11 is 1.67. The monoisotopic (exact) mass is 440 g/mol. The first-order chi connectivity index (χ1) is 15.2. The number of carbonyl (C=O) groups is 1. The molecule has 9 heteroatoms. The van der Waals surface area contributed by atoms with Gasteiger partial charge in [-0.15, -0.1) is 10.2 Å². The number of amides is 1. The van der Waals surface area contributed by atoms with Crippen LogP contribution in [0.2, 0.25) is 0 Å². The molecule has 0 unspecified atom stereocenters. The molecule has 1 aliphatic rings. The fourth-order valence-corrected chi connectivity index (χ4v) is 4.52. The highest BCUT2D eigenvalue weighted by Gasteiger charge is 2.19. The molecule has 0 bridgehead atoms. The molecule has 0 radical (unpaired) electrons. The van der Waals surface area contributed by atoms with E-state index in [0.717, 1.165) is 41.9 Å². The maximum Gasteiger partial charge on any atom is 0.222 e. The average Bonchev–Trinajstić information content (AvgIpc) is 3.52. The van der Waals surface area contributed by atoms with E-state index in [1.54, 1.807) is 16.4 Å². The lowest BCUT2D eigenvalue weighted by molar-refractivity contribution is -0.121. The van der Waals surface area contributed by atoms with Gasteiger partial charge in [0, 0.05) is 31.5 Å². The van der Waals surface area contributed by atoms with Gasteiger partial charge in [-0.3, -0.25) is 9.48 Å². The van der Waals surface area contributed by atoms with Gasteiger partial charge in [-0.05, 0) is 31.4 Å². The highest BCUT2D eigenvalue weighted by molar-refractivity contribution is 7.99. The summed E-state index contributed by atoms with van der Waals surface area (Å²) < 4.78 is 9.61. The molecular formula is C22H28N6O2S. The molecule has 3 aromatic rings. The van der Waals surface area contributed by atoms with Gasteiger partial charge < -0.3 is 14.6 Å². The van der Waals surface area contributed by atoms with Gasteiger partial charge in [0.1, 0.15) is 0 Å². The largest absolute Gasteiger partial charge is 0.377 e. The van der Waals surface area contributed by atoms with Crippen molar-refractivity contribution < 1.29 is 9.53 Å². The molecule has 31 heavy (non-hydrogen) atoms. The number of hydrogen-bond donors (Lipinski definition) is 1. The topological polar surface area (TPSA) is 86.9 Å². The minimum absolute atomic E-state index is 0.0315. The fraction of sp³-hybridized carbons (Fsp3) is 0.455. The second-order valence-electron chi connectivity index (χ2n) is 7.66.